The van der Waals surface area contributed by atoms with Gasteiger partial charge in [-0.15, -0.1) is 0 Å². The first-order valence-electron chi connectivity index (χ1n) is 23.6. The number of unbranched alkanes of at least 4 members (excludes halogenated alkanes) is 26. The normalized spacial score (nSPS) is 13.9. The molecule has 0 aliphatic heterocycles. The van der Waals surface area contributed by atoms with Crippen molar-refractivity contribution in [1.29, 1.82) is 0 Å². The lowest BCUT2D eigenvalue weighted by atomic mass is 10.1. The van der Waals surface area contributed by atoms with Crippen molar-refractivity contribution >= 4 is 13.8 Å². The summed E-state index contributed by atoms with van der Waals surface area (Å²) in [5, 5.41) is 0. The molecular weight excluding hydrogens is 721 g/mol. The molecule has 0 rings (SSSR count). The predicted molar refractivity (Wildman–Crippen MR) is 238 cm³/mol. The SMILES string of the molecule is CCCCCCC/C=C\CCCCCCCC(=O)OC(COCCCCCCCCCCCC/C=C\CCCCCCCC)COP(=O)(O)OCC[N+](C)(C)C. The van der Waals surface area contributed by atoms with Gasteiger partial charge in [0.2, 0.25) is 0 Å². The summed E-state index contributed by atoms with van der Waals surface area (Å²) in [7, 11) is 1.67. The molecule has 0 aromatic carbocycles. The molecule has 0 saturated carbocycles. The summed E-state index contributed by atoms with van der Waals surface area (Å²) in [4.78, 5) is 22.9. The number of phosphoric acid groups is 1. The van der Waals surface area contributed by atoms with Crippen molar-refractivity contribution in [2.75, 3.05) is 54.1 Å². The number of esters is 1. The second-order valence-corrected chi connectivity index (χ2v) is 18.6. The molecule has 0 aliphatic rings. The zero-order valence-corrected chi connectivity index (χ0v) is 38.5. The van der Waals surface area contributed by atoms with E-state index in [1.807, 2.05) is 21.1 Å². The van der Waals surface area contributed by atoms with Crippen molar-refractivity contribution in [2.24, 2.45) is 0 Å². The van der Waals surface area contributed by atoms with Gasteiger partial charge in [-0.25, -0.2) is 4.57 Å². The topological polar surface area (TPSA) is 91.3 Å². The largest absolute Gasteiger partial charge is 0.472 e. The number of rotatable bonds is 44. The molecule has 0 saturated heterocycles. The maximum atomic E-state index is 12.7. The molecule has 8 nitrogen and oxygen atoms in total. The fourth-order valence-corrected chi connectivity index (χ4v) is 7.28. The Morgan fingerprint density at radius 2 is 0.929 bits per heavy atom. The lowest BCUT2D eigenvalue weighted by molar-refractivity contribution is -0.870. The third-order valence-corrected chi connectivity index (χ3v) is 11.2. The van der Waals surface area contributed by atoms with Gasteiger partial charge < -0.3 is 18.9 Å². The second kappa shape index (κ2) is 40.7. The van der Waals surface area contributed by atoms with Crippen molar-refractivity contribution < 1.29 is 37.3 Å². The number of carbonyl (C=O) groups is 1. The first kappa shape index (κ1) is 55.0. The maximum absolute atomic E-state index is 12.7. The van der Waals surface area contributed by atoms with E-state index in [0.717, 1.165) is 44.9 Å². The summed E-state index contributed by atoms with van der Waals surface area (Å²) in [5.41, 5.74) is 0. The van der Waals surface area contributed by atoms with E-state index in [1.54, 1.807) is 0 Å². The lowest BCUT2D eigenvalue weighted by Crippen LogP contribution is -2.37. The summed E-state index contributed by atoms with van der Waals surface area (Å²) in [6.45, 7) is 5.62. The molecule has 0 radical (unpaired) electrons. The molecular formula is C47H93NO7P+. The van der Waals surface area contributed by atoms with Crippen LogP contribution in [0.1, 0.15) is 213 Å². The Labute approximate surface area is 347 Å². The number of hydrogen-bond donors (Lipinski definition) is 1. The zero-order chi connectivity index (χ0) is 41.3. The summed E-state index contributed by atoms with van der Waals surface area (Å²) in [5.74, 6) is -0.321. The zero-order valence-electron chi connectivity index (χ0n) is 37.6. The Morgan fingerprint density at radius 1 is 0.536 bits per heavy atom. The van der Waals surface area contributed by atoms with Gasteiger partial charge in [-0.3, -0.25) is 13.8 Å². The summed E-state index contributed by atoms with van der Waals surface area (Å²) in [6.07, 6.45) is 46.4. The molecule has 0 bridgehead atoms. The van der Waals surface area contributed by atoms with E-state index in [0.29, 0.717) is 24.1 Å². The third-order valence-electron chi connectivity index (χ3n) is 10.2. The van der Waals surface area contributed by atoms with Gasteiger partial charge in [-0.05, 0) is 64.2 Å². The van der Waals surface area contributed by atoms with Crippen molar-refractivity contribution in [3.63, 3.8) is 0 Å². The number of allylic oxidation sites excluding steroid dienone is 4. The highest BCUT2D eigenvalue weighted by atomic mass is 31.2. The van der Waals surface area contributed by atoms with Gasteiger partial charge in [0.25, 0.3) is 0 Å². The molecule has 2 atom stereocenters. The van der Waals surface area contributed by atoms with Crippen LogP contribution in [0.4, 0.5) is 0 Å². The summed E-state index contributed by atoms with van der Waals surface area (Å²) >= 11 is 0. The van der Waals surface area contributed by atoms with E-state index < -0.39 is 13.9 Å². The third kappa shape index (κ3) is 44.1. The lowest BCUT2D eigenvalue weighted by Gasteiger charge is -2.24. The Balaban J connectivity index is 4.16. The molecule has 2 unspecified atom stereocenters. The molecule has 0 spiro atoms. The Hall–Kier alpha value is -1.02. The van der Waals surface area contributed by atoms with E-state index in [4.69, 9.17) is 18.5 Å². The second-order valence-electron chi connectivity index (χ2n) is 17.1. The first-order chi connectivity index (χ1) is 27.1. The monoisotopic (exact) mass is 815 g/mol. The first-order valence-corrected chi connectivity index (χ1v) is 25.1. The van der Waals surface area contributed by atoms with E-state index in [1.165, 1.54) is 148 Å². The number of nitrogens with zero attached hydrogens (tertiary/aromatic N) is 1. The van der Waals surface area contributed by atoms with Gasteiger partial charge in [0.05, 0.1) is 34.4 Å². The average Bonchev–Trinajstić information content (AvgIpc) is 3.15. The van der Waals surface area contributed by atoms with Crippen LogP contribution in [0, 0.1) is 0 Å². The Morgan fingerprint density at radius 3 is 1.36 bits per heavy atom. The number of quaternary nitrogens is 1. The van der Waals surface area contributed by atoms with Crippen molar-refractivity contribution in [1.82, 2.24) is 0 Å². The smallest absolute Gasteiger partial charge is 0.457 e. The number of carbonyl (C=O) groups excluding carboxylic acids is 1. The molecule has 0 heterocycles. The van der Waals surface area contributed by atoms with Gasteiger partial charge in [-0.1, -0.05) is 167 Å². The van der Waals surface area contributed by atoms with Crippen LogP contribution in [0.3, 0.4) is 0 Å². The number of ether oxygens (including phenoxy) is 2. The fraction of sp³-hybridized carbons (Fsp3) is 0.894. The van der Waals surface area contributed by atoms with Gasteiger partial charge in [0.15, 0.2) is 0 Å². The Kier molecular flexibility index (Phi) is 40.0. The number of likely N-dealkylation sites (N-methyl/N-ethyl adjacent to an activating group) is 1. The van der Waals surface area contributed by atoms with Crippen molar-refractivity contribution in [3.05, 3.63) is 24.3 Å². The minimum absolute atomic E-state index is 0.0882. The van der Waals surface area contributed by atoms with E-state index >= 15 is 0 Å². The number of phosphoric ester groups is 1. The predicted octanol–water partition coefficient (Wildman–Crippen LogP) is 14.0. The van der Waals surface area contributed by atoms with Gasteiger partial charge in [-0.2, -0.15) is 0 Å². The highest BCUT2D eigenvalue weighted by Gasteiger charge is 2.26. The Bertz CT molecular complexity index is 951. The van der Waals surface area contributed by atoms with Gasteiger partial charge in [0.1, 0.15) is 19.3 Å². The van der Waals surface area contributed by atoms with Crippen LogP contribution in [-0.2, 0) is 27.9 Å². The van der Waals surface area contributed by atoms with Crippen LogP contribution >= 0.6 is 7.82 Å². The molecule has 0 aliphatic carbocycles. The van der Waals surface area contributed by atoms with Crippen LogP contribution < -0.4 is 0 Å². The molecule has 0 fully saturated rings. The maximum Gasteiger partial charge on any atom is 0.472 e. The quantitative estimate of drug-likeness (QED) is 0.0215. The molecule has 56 heavy (non-hydrogen) atoms. The van der Waals surface area contributed by atoms with E-state index in [2.05, 4.69) is 38.2 Å². The minimum Gasteiger partial charge on any atom is -0.457 e. The summed E-state index contributed by atoms with van der Waals surface area (Å²) < 4.78 is 35.0. The van der Waals surface area contributed by atoms with E-state index in [9.17, 15) is 14.3 Å². The van der Waals surface area contributed by atoms with Crippen LogP contribution in [-0.4, -0.2) is 75.6 Å². The van der Waals surface area contributed by atoms with Crippen LogP contribution in [0.5, 0.6) is 0 Å². The summed E-state index contributed by atoms with van der Waals surface area (Å²) in [6, 6.07) is 0. The number of hydrogen-bond acceptors (Lipinski definition) is 6. The minimum atomic E-state index is -4.27. The molecule has 0 aromatic rings. The molecule has 0 amide bonds. The van der Waals surface area contributed by atoms with Crippen LogP contribution in [0.25, 0.3) is 0 Å². The van der Waals surface area contributed by atoms with Gasteiger partial charge >= 0.3 is 13.8 Å². The van der Waals surface area contributed by atoms with E-state index in [-0.39, 0.29) is 25.8 Å². The van der Waals surface area contributed by atoms with Gasteiger partial charge in [0, 0.05) is 13.0 Å². The highest BCUT2D eigenvalue weighted by Crippen LogP contribution is 2.43. The van der Waals surface area contributed by atoms with Crippen molar-refractivity contribution in [2.45, 2.75) is 219 Å². The fourth-order valence-electron chi connectivity index (χ4n) is 6.54. The highest BCUT2D eigenvalue weighted by molar-refractivity contribution is 7.47. The molecule has 332 valence electrons. The van der Waals surface area contributed by atoms with Crippen LogP contribution in [0.2, 0.25) is 0 Å². The molecule has 0 aromatic heterocycles. The van der Waals surface area contributed by atoms with Crippen LogP contribution in [0.15, 0.2) is 24.3 Å². The molecule has 9 heteroatoms. The standard InChI is InChI=1S/C47H92NO7P/c1-6-8-10-12-14-16-18-20-22-23-24-25-26-27-29-31-33-35-37-39-42-52-44-46(45-54-56(50,51)53-43-41-48(3,4)5)55-47(49)40-38-36-34-32-30-28-21-19-17-15-13-11-9-7-2/h19-22,46H,6-18,23-45H2,1-5H3/p+1/b21-19-,22-20-. The van der Waals surface area contributed by atoms with Crippen molar-refractivity contribution in [3.8, 4) is 0 Å². The average molecular weight is 815 g/mol. The molecule has 1 N–H and O–H groups in total.